The van der Waals surface area contributed by atoms with Crippen molar-refractivity contribution in [3.8, 4) is 0 Å². The van der Waals surface area contributed by atoms with Crippen molar-refractivity contribution in [3.05, 3.63) is 0 Å². The summed E-state index contributed by atoms with van der Waals surface area (Å²) in [5.41, 5.74) is -2.33. The molecule has 1 spiro atoms. The molecule has 2 heterocycles. The van der Waals surface area contributed by atoms with Gasteiger partial charge in [0, 0.05) is 38.2 Å². The molecule has 0 aromatic heterocycles. The summed E-state index contributed by atoms with van der Waals surface area (Å²) < 4.78 is 24.4. The molecule has 12 nitrogen and oxygen atoms in total. The predicted octanol–water partition coefficient (Wildman–Crippen LogP) is 4.86. The van der Waals surface area contributed by atoms with Gasteiger partial charge in [-0.25, -0.2) is 4.79 Å². The summed E-state index contributed by atoms with van der Waals surface area (Å²) in [5, 5.41) is 41.2. The number of aliphatic carboxylic acids is 1. The number of carboxylic acids is 1. The molecule has 0 unspecified atom stereocenters. The van der Waals surface area contributed by atoms with Gasteiger partial charge in [0.15, 0.2) is 11.4 Å². The summed E-state index contributed by atoms with van der Waals surface area (Å²) in [4.78, 5) is 48.7. The number of carbonyl (C=O) groups excluding carboxylic acids is 3. The van der Waals surface area contributed by atoms with Gasteiger partial charge in [-0.2, -0.15) is 0 Å². The van der Waals surface area contributed by atoms with Crippen molar-refractivity contribution in [2.24, 2.45) is 35.5 Å². The standard InChI is InChI=1S/C38H66O12/c1-21(2)33(48-32(43)20-37(9,46)36(44)45)35(47-10)30(42)19-29(41)26(7)28(40)13-11-24(5)34-25(6)16-18-38(50-34)17-15-23(4)31(49-38)14-12-22(3)27(8)39/h21-26,28,30-31,33-35,40,42,46H,11-20H2,1-10H3,(H,44,45)/t22-,23+,24+,25-,26-,28-,30+,31-,33+,34-,35-,37+,38+/m0/s1. The van der Waals surface area contributed by atoms with Crippen molar-refractivity contribution in [2.45, 2.75) is 175 Å². The third-order valence-corrected chi connectivity index (χ3v) is 11.3. The maximum absolute atomic E-state index is 13.2. The zero-order valence-corrected chi connectivity index (χ0v) is 32.1. The maximum Gasteiger partial charge on any atom is 0.335 e. The van der Waals surface area contributed by atoms with Crippen LogP contribution in [-0.4, -0.2) is 99.1 Å². The first-order chi connectivity index (χ1) is 23.1. The van der Waals surface area contributed by atoms with Gasteiger partial charge in [0.05, 0.1) is 30.8 Å². The monoisotopic (exact) mass is 714 g/mol. The van der Waals surface area contributed by atoms with Crippen LogP contribution in [0.4, 0.5) is 0 Å². The van der Waals surface area contributed by atoms with E-state index in [0.717, 1.165) is 45.4 Å². The van der Waals surface area contributed by atoms with Gasteiger partial charge in [-0.05, 0) is 76.0 Å². The normalized spacial score (nSPS) is 29.6. The molecule has 2 fully saturated rings. The van der Waals surface area contributed by atoms with Crippen LogP contribution in [0.5, 0.6) is 0 Å². The second kappa shape index (κ2) is 19.2. The van der Waals surface area contributed by atoms with Crippen molar-refractivity contribution >= 4 is 23.5 Å². The van der Waals surface area contributed by atoms with Gasteiger partial charge in [0.2, 0.25) is 0 Å². The fourth-order valence-electron chi connectivity index (χ4n) is 7.24. The fraction of sp³-hybridized carbons (Fsp3) is 0.895. The number of hydrogen-bond acceptors (Lipinski definition) is 11. The number of Topliss-reactive ketones (excluding diaryl/α,β-unsaturated/α-hetero) is 2. The number of ether oxygens (including phenoxy) is 4. The lowest BCUT2D eigenvalue weighted by Crippen LogP contribution is -2.53. The Balaban J connectivity index is 1.97. The smallest absolute Gasteiger partial charge is 0.335 e. The van der Waals surface area contributed by atoms with Gasteiger partial charge >= 0.3 is 11.9 Å². The van der Waals surface area contributed by atoms with E-state index in [1.165, 1.54) is 7.11 Å². The van der Waals surface area contributed by atoms with Crippen molar-refractivity contribution in [3.63, 3.8) is 0 Å². The number of aliphatic hydroxyl groups excluding tert-OH is 2. The molecule has 2 aliphatic heterocycles. The van der Waals surface area contributed by atoms with Crippen molar-refractivity contribution < 1.29 is 58.6 Å². The average Bonchev–Trinajstić information content (AvgIpc) is 3.03. The quantitative estimate of drug-likeness (QED) is 0.126. The SMILES string of the molecule is CO[C@@H]([C@H](O)CC(=O)[C@@H](C)[C@@H](O)CC[C@@H](C)[C@@H]1O[C@]2(CC[C@@H](C)[C@H](CC[C@H](C)C(C)=O)O2)CC[C@@H]1C)[C@H](OC(=O)C[C@@](C)(O)C(=O)O)C(C)C. The third kappa shape index (κ3) is 12.3. The lowest BCUT2D eigenvalue weighted by molar-refractivity contribution is -0.338. The number of ketones is 2. The molecular formula is C38H66O12. The number of methoxy groups -OCH3 is 1. The van der Waals surface area contributed by atoms with Gasteiger partial charge in [-0.3, -0.25) is 14.4 Å². The molecule has 0 amide bonds. The number of rotatable bonds is 20. The fourth-order valence-corrected chi connectivity index (χ4v) is 7.24. The van der Waals surface area contributed by atoms with Gasteiger partial charge in [-0.15, -0.1) is 0 Å². The number of aliphatic hydroxyl groups is 3. The zero-order valence-electron chi connectivity index (χ0n) is 32.1. The average molecular weight is 715 g/mol. The van der Waals surface area contributed by atoms with Crippen LogP contribution >= 0.6 is 0 Å². The maximum atomic E-state index is 13.2. The molecule has 0 aromatic carbocycles. The highest BCUT2D eigenvalue weighted by molar-refractivity contribution is 5.84. The van der Waals surface area contributed by atoms with E-state index in [2.05, 4.69) is 20.8 Å². The topological polar surface area (TPSA) is 186 Å². The van der Waals surface area contributed by atoms with Gasteiger partial charge < -0.3 is 39.4 Å². The van der Waals surface area contributed by atoms with E-state index in [1.54, 1.807) is 27.7 Å². The number of carbonyl (C=O) groups is 4. The van der Waals surface area contributed by atoms with Gasteiger partial charge in [-0.1, -0.05) is 48.5 Å². The summed E-state index contributed by atoms with van der Waals surface area (Å²) in [6.45, 7) is 16.1. The summed E-state index contributed by atoms with van der Waals surface area (Å²) in [6.07, 6.45) is 0.513. The Hall–Kier alpha value is -1.96. The Labute approximate surface area is 299 Å². The molecule has 50 heavy (non-hydrogen) atoms. The van der Waals surface area contributed by atoms with E-state index >= 15 is 0 Å². The highest BCUT2D eigenvalue weighted by Crippen LogP contribution is 2.45. The van der Waals surface area contributed by atoms with Crippen LogP contribution in [0.1, 0.15) is 127 Å². The minimum Gasteiger partial charge on any atom is -0.479 e. The van der Waals surface area contributed by atoms with Gasteiger partial charge in [0.1, 0.15) is 23.8 Å². The lowest BCUT2D eigenvalue weighted by atomic mass is 9.79. The molecule has 12 heteroatoms. The highest BCUT2D eigenvalue weighted by atomic mass is 16.7. The highest BCUT2D eigenvalue weighted by Gasteiger charge is 2.48. The molecule has 13 atom stereocenters. The van der Waals surface area contributed by atoms with E-state index in [1.807, 2.05) is 6.92 Å². The first-order valence-corrected chi connectivity index (χ1v) is 18.6. The summed E-state index contributed by atoms with van der Waals surface area (Å²) in [7, 11) is 1.31. The molecule has 2 rings (SSSR count). The Morgan fingerprint density at radius 2 is 1.50 bits per heavy atom. The van der Waals surface area contributed by atoms with E-state index < -0.39 is 60.1 Å². The van der Waals surface area contributed by atoms with Crippen LogP contribution in [0.15, 0.2) is 0 Å². The Morgan fingerprint density at radius 1 is 0.900 bits per heavy atom. The largest absolute Gasteiger partial charge is 0.479 e. The summed E-state index contributed by atoms with van der Waals surface area (Å²) in [5.74, 6) is -3.77. The molecular weight excluding hydrogens is 648 g/mol. The molecule has 0 aliphatic carbocycles. The van der Waals surface area contributed by atoms with Crippen LogP contribution in [-0.2, 0) is 38.1 Å². The van der Waals surface area contributed by atoms with Crippen molar-refractivity contribution in [2.75, 3.05) is 7.11 Å². The third-order valence-electron chi connectivity index (χ3n) is 11.3. The number of esters is 1. The lowest BCUT2D eigenvalue weighted by Gasteiger charge is -2.51. The van der Waals surface area contributed by atoms with Crippen LogP contribution < -0.4 is 0 Å². The van der Waals surface area contributed by atoms with E-state index in [9.17, 15) is 34.5 Å². The molecule has 4 N–H and O–H groups in total. The number of carboxylic acid groups (broad SMARTS) is 1. The van der Waals surface area contributed by atoms with E-state index in [4.69, 9.17) is 24.1 Å². The minimum absolute atomic E-state index is 0.00674. The Bertz CT molecular complexity index is 1120. The first-order valence-electron chi connectivity index (χ1n) is 18.6. The Kier molecular flexibility index (Phi) is 17.0. The van der Waals surface area contributed by atoms with E-state index in [-0.39, 0.29) is 47.9 Å². The predicted molar refractivity (Wildman–Crippen MR) is 186 cm³/mol. The van der Waals surface area contributed by atoms with Crippen molar-refractivity contribution in [1.82, 2.24) is 0 Å². The van der Waals surface area contributed by atoms with Gasteiger partial charge in [0.25, 0.3) is 0 Å². The van der Waals surface area contributed by atoms with Crippen LogP contribution in [0.3, 0.4) is 0 Å². The molecule has 0 aromatic rings. The second-order valence-corrected chi connectivity index (χ2v) is 16.1. The number of hydrogen-bond donors (Lipinski definition) is 4. The molecule has 2 saturated heterocycles. The van der Waals surface area contributed by atoms with Crippen LogP contribution in [0.25, 0.3) is 0 Å². The zero-order chi connectivity index (χ0) is 38.1. The van der Waals surface area contributed by atoms with Crippen LogP contribution in [0.2, 0.25) is 0 Å². The molecule has 0 bridgehead atoms. The van der Waals surface area contributed by atoms with E-state index in [0.29, 0.717) is 24.7 Å². The van der Waals surface area contributed by atoms with Crippen molar-refractivity contribution in [1.29, 1.82) is 0 Å². The molecule has 0 radical (unpaired) electrons. The molecule has 290 valence electrons. The molecule has 0 saturated carbocycles. The van der Waals surface area contributed by atoms with Crippen LogP contribution in [0, 0.1) is 35.5 Å². The summed E-state index contributed by atoms with van der Waals surface area (Å²) in [6, 6.07) is 0. The second-order valence-electron chi connectivity index (χ2n) is 16.1. The summed E-state index contributed by atoms with van der Waals surface area (Å²) >= 11 is 0. The Morgan fingerprint density at radius 3 is 2.04 bits per heavy atom. The molecule has 2 aliphatic rings. The first kappa shape index (κ1) is 44.2. The minimum atomic E-state index is -2.33.